The highest BCUT2D eigenvalue weighted by molar-refractivity contribution is 7.13. The van der Waals surface area contributed by atoms with Gasteiger partial charge >= 0.3 is 11.9 Å². The van der Waals surface area contributed by atoms with E-state index in [0.717, 1.165) is 4.88 Å². The van der Waals surface area contributed by atoms with Crippen molar-refractivity contribution in [1.29, 1.82) is 0 Å². The van der Waals surface area contributed by atoms with Crippen molar-refractivity contribution in [3.63, 3.8) is 0 Å². The Bertz CT molecular complexity index is 1180. The molecule has 0 N–H and O–H groups in total. The Morgan fingerprint density at radius 2 is 1.93 bits per heavy atom. The SMILES string of the molecule is COC(=O)c1ccc(COC(=O)c2nc(-c3cccs3)n(-c3ccc(F)cc3)n2)o1. The maximum atomic E-state index is 13.3. The number of esters is 2. The van der Waals surface area contributed by atoms with Crippen molar-refractivity contribution >= 4 is 23.3 Å². The lowest BCUT2D eigenvalue weighted by Crippen LogP contribution is -2.08. The molecule has 0 saturated carbocycles. The number of furan rings is 1. The highest BCUT2D eigenvalue weighted by Crippen LogP contribution is 2.26. The van der Waals surface area contributed by atoms with Gasteiger partial charge in [-0.05, 0) is 47.8 Å². The summed E-state index contributed by atoms with van der Waals surface area (Å²) in [7, 11) is 1.23. The molecule has 3 aromatic heterocycles. The van der Waals surface area contributed by atoms with Gasteiger partial charge < -0.3 is 13.9 Å². The number of hydrogen-bond donors (Lipinski definition) is 0. The third-order valence-electron chi connectivity index (χ3n) is 4.00. The van der Waals surface area contributed by atoms with Gasteiger partial charge in [0.05, 0.1) is 17.7 Å². The second-order valence-electron chi connectivity index (χ2n) is 5.96. The van der Waals surface area contributed by atoms with Crippen LogP contribution in [0.1, 0.15) is 26.9 Å². The van der Waals surface area contributed by atoms with Gasteiger partial charge in [0.1, 0.15) is 18.2 Å². The molecule has 10 heteroatoms. The Kier molecular flexibility index (Phi) is 5.40. The summed E-state index contributed by atoms with van der Waals surface area (Å²) in [5.41, 5.74) is 0.542. The predicted molar refractivity (Wildman–Crippen MR) is 104 cm³/mol. The normalized spacial score (nSPS) is 10.7. The van der Waals surface area contributed by atoms with Crippen LogP contribution in [-0.2, 0) is 16.1 Å². The van der Waals surface area contributed by atoms with Crippen molar-refractivity contribution in [2.24, 2.45) is 0 Å². The van der Waals surface area contributed by atoms with Crippen LogP contribution in [0.4, 0.5) is 4.39 Å². The van der Waals surface area contributed by atoms with Crippen LogP contribution in [0.3, 0.4) is 0 Å². The summed E-state index contributed by atoms with van der Waals surface area (Å²) in [5.74, 6) is -1.27. The Morgan fingerprint density at radius 3 is 2.63 bits per heavy atom. The van der Waals surface area contributed by atoms with E-state index in [1.54, 1.807) is 0 Å². The van der Waals surface area contributed by atoms with Crippen molar-refractivity contribution in [1.82, 2.24) is 14.8 Å². The third kappa shape index (κ3) is 3.98. The summed E-state index contributed by atoms with van der Waals surface area (Å²) < 4.78 is 29.8. The zero-order chi connectivity index (χ0) is 21.1. The highest BCUT2D eigenvalue weighted by atomic mass is 32.1. The Labute approximate surface area is 173 Å². The highest BCUT2D eigenvalue weighted by Gasteiger charge is 2.21. The second kappa shape index (κ2) is 8.29. The predicted octanol–water partition coefficient (Wildman–Crippen LogP) is 3.87. The first-order valence-electron chi connectivity index (χ1n) is 8.66. The smallest absolute Gasteiger partial charge is 0.378 e. The zero-order valence-corrected chi connectivity index (χ0v) is 16.4. The number of halogens is 1. The van der Waals surface area contributed by atoms with Gasteiger partial charge in [-0.3, -0.25) is 0 Å². The van der Waals surface area contributed by atoms with Crippen LogP contribution in [0.25, 0.3) is 16.4 Å². The minimum atomic E-state index is -0.773. The molecule has 8 nitrogen and oxygen atoms in total. The van der Waals surface area contributed by atoms with E-state index in [2.05, 4.69) is 14.8 Å². The molecule has 0 bridgehead atoms. The molecule has 30 heavy (non-hydrogen) atoms. The number of nitrogens with zero attached hydrogens (tertiary/aromatic N) is 3. The van der Waals surface area contributed by atoms with Gasteiger partial charge in [-0.1, -0.05) is 6.07 Å². The lowest BCUT2D eigenvalue weighted by Gasteiger charge is -2.03. The van der Waals surface area contributed by atoms with E-state index in [4.69, 9.17) is 9.15 Å². The first-order valence-corrected chi connectivity index (χ1v) is 9.54. The average Bonchev–Trinajstić information content (AvgIpc) is 3.52. The minimum absolute atomic E-state index is 0.00208. The van der Waals surface area contributed by atoms with Gasteiger partial charge in [0.15, 0.2) is 5.82 Å². The number of thiophene rings is 1. The fraction of sp³-hybridized carbons (Fsp3) is 0.100. The molecule has 0 radical (unpaired) electrons. The maximum absolute atomic E-state index is 13.3. The van der Waals surface area contributed by atoms with Crippen LogP contribution >= 0.6 is 11.3 Å². The fourth-order valence-electron chi connectivity index (χ4n) is 2.59. The molecular weight excluding hydrogens is 413 g/mol. The van der Waals surface area contributed by atoms with Crippen molar-refractivity contribution in [3.05, 3.63) is 77.1 Å². The molecule has 0 aliphatic heterocycles. The van der Waals surface area contributed by atoms with E-state index in [9.17, 15) is 14.0 Å². The Morgan fingerprint density at radius 1 is 1.13 bits per heavy atom. The molecule has 0 spiro atoms. The molecule has 0 atom stereocenters. The molecular formula is C20H14FN3O5S. The van der Waals surface area contributed by atoms with E-state index >= 15 is 0 Å². The van der Waals surface area contributed by atoms with Crippen LogP contribution in [0.2, 0.25) is 0 Å². The van der Waals surface area contributed by atoms with Gasteiger partial charge in [0.25, 0.3) is 5.82 Å². The molecule has 0 saturated heterocycles. The molecule has 0 aliphatic rings. The number of carbonyl (C=O) groups excluding carboxylic acids is 2. The van der Waals surface area contributed by atoms with Crippen molar-refractivity contribution in [2.75, 3.05) is 7.11 Å². The lowest BCUT2D eigenvalue weighted by atomic mass is 10.3. The maximum Gasteiger partial charge on any atom is 0.378 e. The van der Waals surface area contributed by atoms with Gasteiger partial charge in [-0.2, -0.15) is 4.98 Å². The molecule has 4 rings (SSSR count). The molecule has 152 valence electrons. The monoisotopic (exact) mass is 427 g/mol. The quantitative estimate of drug-likeness (QED) is 0.431. The van der Waals surface area contributed by atoms with Crippen molar-refractivity contribution in [2.45, 2.75) is 6.61 Å². The van der Waals surface area contributed by atoms with E-state index in [-0.39, 0.29) is 29.8 Å². The van der Waals surface area contributed by atoms with E-state index < -0.39 is 11.9 Å². The zero-order valence-electron chi connectivity index (χ0n) is 15.6. The van der Waals surface area contributed by atoms with Crippen LogP contribution in [-0.4, -0.2) is 33.8 Å². The Balaban J connectivity index is 1.57. The third-order valence-corrected chi connectivity index (χ3v) is 4.86. The van der Waals surface area contributed by atoms with Gasteiger partial charge in [-0.15, -0.1) is 16.4 Å². The number of methoxy groups -OCH3 is 1. The summed E-state index contributed by atoms with van der Waals surface area (Å²) in [5, 5.41) is 6.10. The molecule has 0 aliphatic carbocycles. The summed E-state index contributed by atoms with van der Waals surface area (Å²) in [6.07, 6.45) is 0. The molecule has 0 amide bonds. The number of ether oxygens (including phenoxy) is 2. The minimum Gasteiger partial charge on any atom is -0.463 e. The summed E-state index contributed by atoms with van der Waals surface area (Å²) >= 11 is 1.42. The van der Waals surface area contributed by atoms with E-state index in [0.29, 0.717) is 11.5 Å². The van der Waals surface area contributed by atoms with Gasteiger partial charge in [-0.25, -0.2) is 18.7 Å². The summed E-state index contributed by atoms with van der Waals surface area (Å²) in [6, 6.07) is 12.3. The second-order valence-corrected chi connectivity index (χ2v) is 6.91. The lowest BCUT2D eigenvalue weighted by molar-refractivity contribution is 0.0424. The summed E-state index contributed by atoms with van der Waals surface area (Å²) in [6.45, 7) is -0.213. The largest absolute Gasteiger partial charge is 0.463 e. The van der Waals surface area contributed by atoms with Crippen LogP contribution in [0.15, 0.2) is 58.3 Å². The molecule has 0 unspecified atom stereocenters. The fourth-order valence-corrected chi connectivity index (χ4v) is 3.29. The first-order chi connectivity index (χ1) is 14.5. The summed E-state index contributed by atoms with van der Waals surface area (Å²) in [4.78, 5) is 29.0. The molecule has 3 heterocycles. The number of carbonyl (C=O) groups is 2. The molecule has 1 aromatic carbocycles. The number of aromatic nitrogens is 3. The number of rotatable bonds is 6. The van der Waals surface area contributed by atoms with Crippen molar-refractivity contribution < 1.29 is 27.9 Å². The number of benzene rings is 1. The van der Waals surface area contributed by atoms with E-state index in [1.165, 1.54) is 59.5 Å². The first kappa shape index (κ1) is 19.5. The van der Waals surface area contributed by atoms with Crippen LogP contribution in [0, 0.1) is 5.82 Å². The molecule has 4 aromatic rings. The van der Waals surface area contributed by atoms with Gasteiger partial charge in [0.2, 0.25) is 5.76 Å². The average molecular weight is 427 g/mol. The standard InChI is InChI=1S/C20H14FN3O5S/c1-27-19(25)15-9-8-14(29-15)11-28-20(26)17-22-18(16-3-2-10-30-16)24(23-17)13-6-4-12(21)5-7-13/h2-10H,11H2,1H3. The number of hydrogen-bond acceptors (Lipinski definition) is 8. The van der Waals surface area contributed by atoms with Crippen LogP contribution in [0.5, 0.6) is 0 Å². The van der Waals surface area contributed by atoms with E-state index in [1.807, 2.05) is 17.5 Å². The van der Waals surface area contributed by atoms with Gasteiger partial charge in [0, 0.05) is 0 Å². The van der Waals surface area contributed by atoms with Crippen molar-refractivity contribution in [3.8, 4) is 16.4 Å². The Hall–Kier alpha value is -3.79. The topological polar surface area (TPSA) is 96.5 Å². The molecule has 0 fully saturated rings. The van der Waals surface area contributed by atoms with Crippen LogP contribution < -0.4 is 0 Å².